The molecule has 156 valence electrons. The topological polar surface area (TPSA) is 87.2 Å². The van der Waals surface area contributed by atoms with Crippen LogP contribution in [0.5, 0.6) is 17.4 Å². The maximum Gasteiger partial charge on any atom is 0.325 e. The Kier molecular flexibility index (Phi) is 7.82. The van der Waals surface area contributed by atoms with Crippen LogP contribution in [0.15, 0.2) is 36.5 Å². The number of nitrogens with zero attached hydrogens (tertiary/aromatic N) is 2. The molecule has 0 aliphatic carbocycles. The molecule has 0 saturated heterocycles. The predicted octanol–water partition coefficient (Wildman–Crippen LogP) is 2.70. The van der Waals surface area contributed by atoms with E-state index in [2.05, 4.69) is 4.98 Å². The fraction of sp³-hybridized carbons (Fsp3) is 0.381. The van der Waals surface area contributed by atoms with Crippen molar-refractivity contribution in [1.82, 2.24) is 9.88 Å². The Morgan fingerprint density at radius 3 is 2.17 bits per heavy atom. The Hall–Kier alpha value is -3.29. The van der Waals surface area contributed by atoms with Crippen LogP contribution < -0.4 is 14.2 Å². The molecule has 0 aliphatic rings. The average molecular weight is 402 g/mol. The van der Waals surface area contributed by atoms with Gasteiger partial charge in [0.1, 0.15) is 18.0 Å². The highest BCUT2D eigenvalue weighted by Crippen LogP contribution is 2.24. The van der Waals surface area contributed by atoms with E-state index in [9.17, 15) is 9.59 Å². The minimum Gasteiger partial charge on any atom is -0.497 e. The molecule has 0 N–H and O–H groups in total. The summed E-state index contributed by atoms with van der Waals surface area (Å²) in [5, 5.41) is 0. The number of ether oxygens (including phenoxy) is 4. The third kappa shape index (κ3) is 6.38. The molecule has 1 heterocycles. The minimum atomic E-state index is -0.527. The van der Waals surface area contributed by atoms with E-state index in [1.165, 1.54) is 18.2 Å². The molecule has 0 aliphatic heterocycles. The van der Waals surface area contributed by atoms with Gasteiger partial charge in [-0.3, -0.25) is 9.59 Å². The molecule has 0 fully saturated rings. The van der Waals surface area contributed by atoms with Gasteiger partial charge in [0.15, 0.2) is 0 Å². The van der Waals surface area contributed by atoms with Gasteiger partial charge in [0, 0.05) is 24.9 Å². The molecule has 0 radical (unpaired) electrons. The molecule has 8 nitrogen and oxygen atoms in total. The van der Waals surface area contributed by atoms with Gasteiger partial charge in [0.25, 0.3) is 5.91 Å². The molecule has 1 amide bonds. The summed E-state index contributed by atoms with van der Waals surface area (Å²) < 4.78 is 20.8. The summed E-state index contributed by atoms with van der Waals surface area (Å²) in [7, 11) is 4.37. The molecule has 2 rings (SSSR count). The van der Waals surface area contributed by atoms with Gasteiger partial charge in [-0.1, -0.05) is 0 Å². The zero-order valence-electron chi connectivity index (χ0n) is 17.3. The molecule has 0 atom stereocenters. The Morgan fingerprint density at radius 2 is 1.69 bits per heavy atom. The molecular formula is C21H26N2O6. The van der Waals surface area contributed by atoms with Crippen molar-refractivity contribution < 1.29 is 28.5 Å². The molecule has 0 spiro atoms. The lowest BCUT2D eigenvalue weighted by atomic mass is 10.1. The van der Waals surface area contributed by atoms with Crippen LogP contribution in [0.2, 0.25) is 0 Å². The van der Waals surface area contributed by atoms with Gasteiger partial charge in [0.05, 0.1) is 33.0 Å². The lowest BCUT2D eigenvalue weighted by molar-refractivity contribution is -0.141. The van der Waals surface area contributed by atoms with E-state index in [1.807, 2.05) is 13.8 Å². The SMILES string of the molecule is COC(=O)CN(Cc1cc(OC)cc(OC)c1)C(=O)c1ccc(OC(C)C)nc1. The fourth-order valence-electron chi connectivity index (χ4n) is 2.60. The van der Waals surface area contributed by atoms with Crippen LogP contribution in [-0.2, 0) is 16.1 Å². The van der Waals surface area contributed by atoms with E-state index in [1.54, 1.807) is 44.6 Å². The summed E-state index contributed by atoms with van der Waals surface area (Å²) in [6.45, 7) is 3.73. The number of pyridine rings is 1. The predicted molar refractivity (Wildman–Crippen MR) is 106 cm³/mol. The molecule has 0 unspecified atom stereocenters. The maximum absolute atomic E-state index is 13.0. The maximum atomic E-state index is 13.0. The first-order valence-corrected chi connectivity index (χ1v) is 9.07. The summed E-state index contributed by atoms with van der Waals surface area (Å²) in [5.41, 5.74) is 1.08. The van der Waals surface area contributed by atoms with Gasteiger partial charge >= 0.3 is 5.97 Å². The van der Waals surface area contributed by atoms with Crippen LogP contribution >= 0.6 is 0 Å². The van der Waals surface area contributed by atoms with Crippen molar-refractivity contribution >= 4 is 11.9 Å². The Morgan fingerprint density at radius 1 is 1.03 bits per heavy atom. The zero-order valence-corrected chi connectivity index (χ0v) is 17.3. The van der Waals surface area contributed by atoms with Crippen LogP contribution in [-0.4, -0.2) is 55.7 Å². The van der Waals surface area contributed by atoms with Gasteiger partial charge < -0.3 is 23.8 Å². The van der Waals surface area contributed by atoms with Gasteiger partial charge in [-0.15, -0.1) is 0 Å². The molecule has 1 aromatic heterocycles. The molecule has 8 heteroatoms. The first-order valence-electron chi connectivity index (χ1n) is 9.07. The van der Waals surface area contributed by atoms with Crippen LogP contribution in [0, 0.1) is 0 Å². The quantitative estimate of drug-likeness (QED) is 0.596. The number of hydrogen-bond donors (Lipinski definition) is 0. The molecule has 0 bridgehead atoms. The van der Waals surface area contributed by atoms with Crippen molar-refractivity contribution in [2.45, 2.75) is 26.5 Å². The van der Waals surface area contributed by atoms with E-state index >= 15 is 0 Å². The number of rotatable bonds is 9. The second-order valence-electron chi connectivity index (χ2n) is 6.51. The molecular weight excluding hydrogens is 376 g/mol. The van der Waals surface area contributed by atoms with E-state index in [0.29, 0.717) is 22.9 Å². The second kappa shape index (κ2) is 10.3. The van der Waals surface area contributed by atoms with Crippen molar-refractivity contribution in [1.29, 1.82) is 0 Å². The summed E-state index contributed by atoms with van der Waals surface area (Å²) in [5.74, 6) is 0.707. The smallest absolute Gasteiger partial charge is 0.325 e. The van der Waals surface area contributed by atoms with Gasteiger partial charge in [-0.05, 0) is 37.6 Å². The van der Waals surface area contributed by atoms with Crippen molar-refractivity contribution in [3.8, 4) is 17.4 Å². The van der Waals surface area contributed by atoms with Crippen LogP contribution in [0.4, 0.5) is 0 Å². The van der Waals surface area contributed by atoms with Gasteiger partial charge in [0.2, 0.25) is 5.88 Å². The zero-order chi connectivity index (χ0) is 21.4. The van der Waals surface area contributed by atoms with Crippen molar-refractivity contribution in [3.63, 3.8) is 0 Å². The largest absolute Gasteiger partial charge is 0.497 e. The molecule has 0 saturated carbocycles. The monoisotopic (exact) mass is 402 g/mol. The van der Waals surface area contributed by atoms with E-state index in [-0.39, 0.29) is 25.1 Å². The first-order chi connectivity index (χ1) is 13.9. The lowest BCUT2D eigenvalue weighted by Crippen LogP contribution is -2.35. The number of carbonyl (C=O) groups excluding carboxylic acids is 2. The fourth-order valence-corrected chi connectivity index (χ4v) is 2.60. The van der Waals surface area contributed by atoms with Gasteiger partial charge in [-0.2, -0.15) is 0 Å². The van der Waals surface area contributed by atoms with E-state index < -0.39 is 5.97 Å². The van der Waals surface area contributed by atoms with E-state index in [0.717, 1.165) is 5.56 Å². The second-order valence-corrected chi connectivity index (χ2v) is 6.51. The van der Waals surface area contributed by atoms with Crippen molar-refractivity contribution in [3.05, 3.63) is 47.7 Å². The third-order valence-corrected chi connectivity index (χ3v) is 3.96. The summed E-state index contributed by atoms with van der Waals surface area (Å²) >= 11 is 0. The number of carbonyl (C=O) groups is 2. The van der Waals surface area contributed by atoms with Crippen molar-refractivity contribution in [2.75, 3.05) is 27.9 Å². The number of amides is 1. The highest BCUT2D eigenvalue weighted by Gasteiger charge is 2.21. The van der Waals surface area contributed by atoms with Gasteiger partial charge in [-0.25, -0.2) is 4.98 Å². The summed E-state index contributed by atoms with van der Waals surface area (Å²) in [6.07, 6.45) is 1.40. The number of esters is 1. The molecule has 2 aromatic rings. The van der Waals surface area contributed by atoms with Crippen LogP contribution in [0.25, 0.3) is 0 Å². The number of benzene rings is 1. The minimum absolute atomic E-state index is 0.0251. The van der Waals surface area contributed by atoms with Crippen molar-refractivity contribution in [2.24, 2.45) is 0 Å². The van der Waals surface area contributed by atoms with E-state index in [4.69, 9.17) is 18.9 Å². The standard InChI is InChI=1S/C21H26N2O6/c1-14(2)29-19-7-6-16(11-22-19)21(25)23(13-20(24)28-5)12-15-8-17(26-3)10-18(9-15)27-4/h6-11,14H,12-13H2,1-5H3. The number of methoxy groups -OCH3 is 3. The number of hydrogen-bond acceptors (Lipinski definition) is 7. The number of aromatic nitrogens is 1. The average Bonchev–Trinajstić information content (AvgIpc) is 2.72. The summed E-state index contributed by atoms with van der Waals surface area (Å²) in [4.78, 5) is 30.4. The lowest BCUT2D eigenvalue weighted by Gasteiger charge is -2.22. The third-order valence-electron chi connectivity index (χ3n) is 3.96. The molecule has 29 heavy (non-hydrogen) atoms. The Labute approximate surface area is 170 Å². The van der Waals surface area contributed by atoms with Crippen LogP contribution in [0.3, 0.4) is 0 Å². The Bertz CT molecular complexity index is 813. The normalized spacial score (nSPS) is 10.4. The first kappa shape index (κ1) is 22.0. The summed E-state index contributed by atoms with van der Waals surface area (Å²) in [6, 6.07) is 8.52. The highest BCUT2D eigenvalue weighted by molar-refractivity contribution is 5.95. The van der Waals surface area contributed by atoms with Crippen LogP contribution in [0.1, 0.15) is 29.8 Å². The Balaban J connectivity index is 2.27. The molecule has 1 aromatic carbocycles. The highest BCUT2D eigenvalue weighted by atomic mass is 16.5.